The van der Waals surface area contributed by atoms with Gasteiger partial charge in [-0.15, -0.1) is 0 Å². The molecule has 2 fully saturated rings. The molecular formula is C10H17NO3. The highest BCUT2D eigenvalue weighted by Gasteiger charge is 2.41. The molecule has 1 unspecified atom stereocenters. The first-order chi connectivity index (χ1) is 6.70. The fourth-order valence-corrected chi connectivity index (χ4v) is 2.81. The highest BCUT2D eigenvalue weighted by atomic mass is 16.7. The van der Waals surface area contributed by atoms with Gasteiger partial charge in [0.1, 0.15) is 6.10 Å². The summed E-state index contributed by atoms with van der Waals surface area (Å²) in [6.07, 6.45) is 4.14. The van der Waals surface area contributed by atoms with Crippen molar-refractivity contribution in [3.8, 4) is 0 Å². The summed E-state index contributed by atoms with van der Waals surface area (Å²) in [5.41, 5.74) is 0.380. The van der Waals surface area contributed by atoms with E-state index in [1.807, 2.05) is 0 Å². The summed E-state index contributed by atoms with van der Waals surface area (Å²) in [6, 6.07) is 0. The van der Waals surface area contributed by atoms with Gasteiger partial charge in [-0.3, -0.25) is 0 Å². The van der Waals surface area contributed by atoms with Crippen molar-refractivity contribution >= 4 is 6.16 Å². The molecular weight excluding hydrogens is 182 g/mol. The zero-order chi connectivity index (χ0) is 10.0. The second-order valence-electron chi connectivity index (χ2n) is 4.50. The maximum atomic E-state index is 10.4. The molecule has 1 aliphatic heterocycles. The smallest absolute Gasteiger partial charge is 0.450 e. The van der Waals surface area contributed by atoms with Crippen molar-refractivity contribution < 1.29 is 14.6 Å². The van der Waals surface area contributed by atoms with Crippen LogP contribution in [0.15, 0.2) is 0 Å². The number of carbonyl (C=O) groups is 1. The molecule has 1 saturated heterocycles. The van der Waals surface area contributed by atoms with Crippen molar-refractivity contribution in [2.45, 2.75) is 38.2 Å². The van der Waals surface area contributed by atoms with Gasteiger partial charge in [0.05, 0.1) is 0 Å². The van der Waals surface area contributed by atoms with E-state index in [0.29, 0.717) is 5.41 Å². The first-order valence-electron chi connectivity index (χ1n) is 5.31. The third-order valence-corrected chi connectivity index (χ3v) is 3.59. The van der Waals surface area contributed by atoms with E-state index in [1.54, 1.807) is 0 Å². The fourth-order valence-electron chi connectivity index (χ4n) is 2.81. The van der Waals surface area contributed by atoms with E-state index in [2.05, 4.69) is 5.32 Å². The molecule has 0 amide bonds. The van der Waals surface area contributed by atoms with Crippen LogP contribution in [0, 0.1) is 5.41 Å². The minimum atomic E-state index is -1.12. The van der Waals surface area contributed by atoms with Crippen molar-refractivity contribution in [2.24, 2.45) is 5.41 Å². The molecule has 1 aliphatic carbocycles. The largest absolute Gasteiger partial charge is 0.506 e. The Morgan fingerprint density at radius 1 is 1.36 bits per heavy atom. The maximum absolute atomic E-state index is 10.4. The molecule has 0 bridgehead atoms. The van der Waals surface area contributed by atoms with Crippen LogP contribution in [0.5, 0.6) is 0 Å². The summed E-state index contributed by atoms with van der Waals surface area (Å²) in [4.78, 5) is 10.4. The zero-order valence-corrected chi connectivity index (χ0v) is 8.29. The number of hydrogen-bond donors (Lipinski definition) is 2. The summed E-state index contributed by atoms with van der Waals surface area (Å²) < 4.78 is 4.83. The molecule has 1 saturated carbocycles. The number of ether oxygens (including phenoxy) is 1. The molecule has 1 spiro atoms. The van der Waals surface area contributed by atoms with Gasteiger partial charge < -0.3 is 15.2 Å². The lowest BCUT2D eigenvalue weighted by Gasteiger charge is -2.33. The minimum absolute atomic E-state index is 0.0504. The van der Waals surface area contributed by atoms with E-state index in [9.17, 15) is 4.79 Å². The van der Waals surface area contributed by atoms with Gasteiger partial charge in [-0.05, 0) is 50.6 Å². The van der Waals surface area contributed by atoms with E-state index < -0.39 is 6.16 Å². The van der Waals surface area contributed by atoms with E-state index in [0.717, 1.165) is 32.4 Å². The molecule has 0 aromatic heterocycles. The quantitative estimate of drug-likeness (QED) is 0.630. The predicted octanol–water partition coefficient (Wildman–Crippen LogP) is 1.60. The zero-order valence-electron chi connectivity index (χ0n) is 8.29. The standard InChI is InChI=1S/C10H17NO3/c12-9(13)14-8-1-2-10(7-8)3-5-11-6-4-10/h8,11H,1-7H2,(H,12,13). The fraction of sp³-hybridized carbons (Fsp3) is 0.900. The lowest BCUT2D eigenvalue weighted by atomic mass is 9.77. The van der Waals surface area contributed by atoms with E-state index in [4.69, 9.17) is 9.84 Å². The van der Waals surface area contributed by atoms with Crippen LogP contribution in [0.2, 0.25) is 0 Å². The molecule has 2 rings (SSSR count). The van der Waals surface area contributed by atoms with Crippen molar-refractivity contribution in [3.63, 3.8) is 0 Å². The average Bonchev–Trinajstić information content (AvgIpc) is 2.49. The van der Waals surface area contributed by atoms with Gasteiger partial charge >= 0.3 is 6.16 Å². The maximum Gasteiger partial charge on any atom is 0.506 e. The van der Waals surface area contributed by atoms with Crippen molar-refractivity contribution in [3.05, 3.63) is 0 Å². The van der Waals surface area contributed by atoms with Crippen molar-refractivity contribution in [1.82, 2.24) is 5.32 Å². The lowest BCUT2D eigenvalue weighted by Crippen LogP contribution is -2.35. The molecule has 4 heteroatoms. The van der Waals surface area contributed by atoms with Crippen LogP contribution in [0.25, 0.3) is 0 Å². The van der Waals surface area contributed by atoms with E-state index in [-0.39, 0.29) is 6.10 Å². The first kappa shape index (κ1) is 9.77. The van der Waals surface area contributed by atoms with E-state index >= 15 is 0 Å². The van der Waals surface area contributed by atoms with Crippen molar-refractivity contribution in [2.75, 3.05) is 13.1 Å². The normalized spacial score (nSPS) is 30.4. The Kier molecular flexibility index (Phi) is 2.63. The molecule has 1 atom stereocenters. The Hall–Kier alpha value is -0.770. The number of hydrogen-bond acceptors (Lipinski definition) is 3. The summed E-state index contributed by atoms with van der Waals surface area (Å²) in [6.45, 7) is 2.14. The molecule has 2 aliphatic rings. The average molecular weight is 199 g/mol. The second kappa shape index (κ2) is 3.77. The highest BCUT2D eigenvalue weighted by molar-refractivity contribution is 5.57. The number of rotatable bonds is 1. The highest BCUT2D eigenvalue weighted by Crippen LogP contribution is 2.45. The Morgan fingerprint density at radius 3 is 2.71 bits per heavy atom. The van der Waals surface area contributed by atoms with Gasteiger partial charge in [0, 0.05) is 0 Å². The Bertz CT molecular complexity index is 223. The molecule has 2 N–H and O–H groups in total. The summed E-state index contributed by atoms with van der Waals surface area (Å²) in [7, 11) is 0. The van der Waals surface area contributed by atoms with E-state index in [1.165, 1.54) is 12.8 Å². The van der Waals surface area contributed by atoms with Gasteiger partial charge in [-0.1, -0.05) is 0 Å². The predicted molar refractivity (Wildman–Crippen MR) is 51.3 cm³/mol. The van der Waals surface area contributed by atoms with Crippen LogP contribution in [0.3, 0.4) is 0 Å². The number of piperidine rings is 1. The molecule has 4 nitrogen and oxygen atoms in total. The second-order valence-corrected chi connectivity index (χ2v) is 4.50. The molecule has 14 heavy (non-hydrogen) atoms. The van der Waals surface area contributed by atoms with Gasteiger partial charge in [-0.25, -0.2) is 4.79 Å². The van der Waals surface area contributed by atoms with Crippen LogP contribution in [-0.4, -0.2) is 30.5 Å². The summed E-state index contributed by atoms with van der Waals surface area (Å²) >= 11 is 0. The summed E-state index contributed by atoms with van der Waals surface area (Å²) in [5, 5.41) is 11.9. The number of nitrogens with one attached hydrogen (secondary N) is 1. The first-order valence-corrected chi connectivity index (χ1v) is 5.31. The topological polar surface area (TPSA) is 58.6 Å². The van der Waals surface area contributed by atoms with Gasteiger partial charge in [0.2, 0.25) is 0 Å². The van der Waals surface area contributed by atoms with Crippen LogP contribution in [0.4, 0.5) is 4.79 Å². The Labute approximate surface area is 83.6 Å². The molecule has 0 aromatic rings. The van der Waals surface area contributed by atoms with Gasteiger partial charge in [0.15, 0.2) is 0 Å². The lowest BCUT2D eigenvalue weighted by molar-refractivity contribution is 0.0466. The van der Waals surface area contributed by atoms with Crippen LogP contribution < -0.4 is 5.32 Å². The van der Waals surface area contributed by atoms with Gasteiger partial charge in [0.25, 0.3) is 0 Å². The third-order valence-electron chi connectivity index (χ3n) is 3.59. The monoisotopic (exact) mass is 199 g/mol. The molecule has 0 radical (unpaired) electrons. The SMILES string of the molecule is O=C(O)OC1CCC2(CCNCC2)C1. The molecule has 80 valence electrons. The molecule has 1 heterocycles. The van der Waals surface area contributed by atoms with Crippen LogP contribution >= 0.6 is 0 Å². The minimum Gasteiger partial charge on any atom is -0.450 e. The number of carboxylic acid groups (broad SMARTS) is 1. The summed E-state index contributed by atoms with van der Waals surface area (Å²) in [5.74, 6) is 0. The van der Waals surface area contributed by atoms with Crippen LogP contribution in [0.1, 0.15) is 32.1 Å². The van der Waals surface area contributed by atoms with Crippen molar-refractivity contribution in [1.29, 1.82) is 0 Å². The van der Waals surface area contributed by atoms with Crippen LogP contribution in [-0.2, 0) is 4.74 Å². The van der Waals surface area contributed by atoms with Gasteiger partial charge in [-0.2, -0.15) is 0 Å². The Balaban J connectivity index is 1.89. The third kappa shape index (κ3) is 2.00. The Morgan fingerprint density at radius 2 is 2.07 bits per heavy atom. The molecule has 0 aromatic carbocycles.